The lowest BCUT2D eigenvalue weighted by molar-refractivity contribution is 0.320. The highest BCUT2D eigenvalue weighted by molar-refractivity contribution is 7.99. The zero-order valence-electron chi connectivity index (χ0n) is 9.52. The predicted octanol–water partition coefficient (Wildman–Crippen LogP) is 5.25. The van der Waals surface area contributed by atoms with E-state index in [0.29, 0.717) is 5.75 Å². The summed E-state index contributed by atoms with van der Waals surface area (Å²) in [5, 5.41) is 9.20. The Bertz CT molecular complexity index is 535. The number of phenols is 1. The third-order valence-corrected chi connectivity index (χ3v) is 3.38. The second kappa shape index (κ2) is 6.14. The highest BCUT2D eigenvalue weighted by Crippen LogP contribution is 2.33. The van der Waals surface area contributed by atoms with E-state index in [2.05, 4.69) is 0 Å². The second-order valence-corrected chi connectivity index (χ2v) is 6.94. The Labute approximate surface area is 130 Å². The number of benzene rings is 2. The molecule has 0 fully saturated rings. The Hall–Kier alpha value is -0.740. The van der Waals surface area contributed by atoms with Crippen molar-refractivity contribution in [2.24, 2.45) is 0 Å². The molecular weight excluding hydrogens is 327 g/mol. The molecule has 0 saturated carbocycles. The Kier molecular flexibility index (Phi) is 4.74. The van der Waals surface area contributed by atoms with Crippen LogP contribution in [0.3, 0.4) is 0 Å². The fraction of sp³-hybridized carbons (Fsp3) is 0.0769. The van der Waals surface area contributed by atoms with Crippen molar-refractivity contribution in [2.45, 2.75) is 13.8 Å². The Morgan fingerprint density at radius 1 is 0.842 bits per heavy atom. The lowest BCUT2D eigenvalue weighted by Gasteiger charge is -2.13. The number of hydrogen-bond donors (Lipinski definition) is 1. The van der Waals surface area contributed by atoms with Gasteiger partial charge in [0.05, 0.1) is 0 Å². The van der Waals surface area contributed by atoms with Gasteiger partial charge >= 0.3 is 3.98 Å². The molecule has 0 bridgehead atoms. The molecule has 2 aromatic carbocycles. The second-order valence-electron chi connectivity index (χ2n) is 3.62. The van der Waals surface area contributed by atoms with Gasteiger partial charge in [-0.2, -0.15) is 0 Å². The van der Waals surface area contributed by atoms with Gasteiger partial charge in [0, 0.05) is 9.79 Å². The van der Waals surface area contributed by atoms with Crippen molar-refractivity contribution in [3.63, 3.8) is 0 Å². The van der Waals surface area contributed by atoms with Crippen LogP contribution in [0.4, 0.5) is 0 Å². The van der Waals surface area contributed by atoms with E-state index in [1.807, 2.05) is 24.3 Å². The van der Waals surface area contributed by atoms with E-state index in [9.17, 15) is 5.11 Å². The molecule has 0 unspecified atom stereocenters. The molecule has 0 heterocycles. The van der Waals surface area contributed by atoms with Gasteiger partial charge in [-0.1, -0.05) is 11.8 Å². The van der Waals surface area contributed by atoms with Gasteiger partial charge in [0.1, 0.15) is 11.5 Å². The van der Waals surface area contributed by atoms with Crippen LogP contribution in [0.15, 0.2) is 58.3 Å². The maximum Gasteiger partial charge on any atom is 0.338 e. The van der Waals surface area contributed by atoms with Gasteiger partial charge in [0.15, 0.2) is 0 Å². The summed E-state index contributed by atoms with van der Waals surface area (Å²) < 4.78 is 3.32. The summed E-state index contributed by atoms with van der Waals surface area (Å²) in [4.78, 5) is 2.04. The SMILES string of the molecule is Oc1ccc(Sc2ccc(OC(Cl)(Cl)Cl)cc2)cc1. The van der Waals surface area contributed by atoms with Crippen molar-refractivity contribution >= 4 is 46.6 Å². The number of alkyl halides is 3. The smallest absolute Gasteiger partial charge is 0.338 e. The monoisotopic (exact) mass is 334 g/mol. The molecule has 6 heteroatoms. The van der Waals surface area contributed by atoms with Gasteiger partial charge in [0.25, 0.3) is 0 Å². The molecule has 0 amide bonds. The van der Waals surface area contributed by atoms with Crippen molar-refractivity contribution in [3.8, 4) is 11.5 Å². The molecule has 2 rings (SSSR count). The van der Waals surface area contributed by atoms with Gasteiger partial charge in [-0.3, -0.25) is 0 Å². The number of halogens is 3. The molecule has 2 nitrogen and oxygen atoms in total. The number of rotatable bonds is 3. The molecule has 2 aromatic rings. The lowest BCUT2D eigenvalue weighted by atomic mass is 10.3. The van der Waals surface area contributed by atoms with Crippen LogP contribution in [0.2, 0.25) is 0 Å². The van der Waals surface area contributed by atoms with Crippen molar-refractivity contribution in [2.75, 3.05) is 0 Å². The fourth-order valence-corrected chi connectivity index (χ4v) is 2.44. The van der Waals surface area contributed by atoms with Crippen molar-refractivity contribution in [3.05, 3.63) is 48.5 Å². The number of aromatic hydroxyl groups is 1. The van der Waals surface area contributed by atoms with Gasteiger partial charge in [-0.15, -0.1) is 0 Å². The minimum atomic E-state index is -1.76. The first-order valence-electron chi connectivity index (χ1n) is 5.25. The topological polar surface area (TPSA) is 29.5 Å². The third kappa shape index (κ3) is 5.03. The first kappa shape index (κ1) is 14.7. The van der Waals surface area contributed by atoms with Crippen LogP contribution in [-0.4, -0.2) is 9.09 Å². The molecular formula is C13H9Cl3O2S. The van der Waals surface area contributed by atoms with Crippen LogP contribution in [0.25, 0.3) is 0 Å². The minimum Gasteiger partial charge on any atom is -0.508 e. The lowest BCUT2D eigenvalue weighted by Crippen LogP contribution is -2.12. The van der Waals surface area contributed by atoms with Crippen LogP contribution >= 0.6 is 46.6 Å². The number of phenolic OH excluding ortho intramolecular Hbond substituents is 1. The third-order valence-electron chi connectivity index (χ3n) is 2.13. The van der Waals surface area contributed by atoms with Crippen molar-refractivity contribution in [1.82, 2.24) is 0 Å². The quantitative estimate of drug-likeness (QED) is 0.777. The zero-order valence-corrected chi connectivity index (χ0v) is 12.6. The fourth-order valence-electron chi connectivity index (χ4n) is 1.36. The number of ether oxygens (including phenoxy) is 1. The highest BCUT2D eigenvalue weighted by atomic mass is 35.6. The summed E-state index contributed by atoms with van der Waals surface area (Å²) in [7, 11) is 0. The van der Waals surface area contributed by atoms with Gasteiger partial charge in [-0.05, 0) is 83.3 Å². The normalized spacial score (nSPS) is 11.3. The van der Waals surface area contributed by atoms with Gasteiger partial charge in [-0.25, -0.2) is 0 Å². The molecule has 0 atom stereocenters. The summed E-state index contributed by atoms with van der Waals surface area (Å²) >= 11 is 18.2. The molecule has 19 heavy (non-hydrogen) atoms. The van der Waals surface area contributed by atoms with E-state index >= 15 is 0 Å². The first-order chi connectivity index (χ1) is 8.92. The van der Waals surface area contributed by atoms with Crippen molar-refractivity contribution in [1.29, 1.82) is 0 Å². The summed E-state index contributed by atoms with van der Waals surface area (Å²) in [5.41, 5.74) is 0. The molecule has 0 spiro atoms. The summed E-state index contributed by atoms with van der Waals surface area (Å²) in [6, 6.07) is 14.1. The van der Waals surface area contributed by atoms with Gasteiger partial charge < -0.3 is 9.84 Å². The first-order valence-corrected chi connectivity index (χ1v) is 7.20. The average molecular weight is 336 g/mol. The standard InChI is InChI=1S/C13H9Cl3O2S/c14-13(15,16)18-10-3-7-12(8-4-10)19-11-5-1-9(17)2-6-11/h1-8,17H. The van der Waals surface area contributed by atoms with Crippen LogP contribution < -0.4 is 4.74 Å². The van der Waals surface area contributed by atoms with Crippen LogP contribution in [0.1, 0.15) is 0 Å². The summed E-state index contributed by atoms with van der Waals surface area (Å²) in [6.45, 7) is 0. The summed E-state index contributed by atoms with van der Waals surface area (Å²) in [6.07, 6.45) is 0. The predicted molar refractivity (Wildman–Crippen MR) is 79.6 cm³/mol. The van der Waals surface area contributed by atoms with E-state index in [4.69, 9.17) is 39.5 Å². The Balaban J connectivity index is 2.04. The van der Waals surface area contributed by atoms with Gasteiger partial charge in [0.2, 0.25) is 0 Å². The van der Waals surface area contributed by atoms with E-state index in [1.165, 1.54) is 0 Å². The van der Waals surface area contributed by atoms with Crippen LogP contribution in [0.5, 0.6) is 11.5 Å². The number of hydrogen-bond acceptors (Lipinski definition) is 3. The van der Waals surface area contributed by atoms with E-state index in [1.54, 1.807) is 36.0 Å². The Morgan fingerprint density at radius 3 is 1.79 bits per heavy atom. The van der Waals surface area contributed by atoms with E-state index in [-0.39, 0.29) is 5.75 Å². The van der Waals surface area contributed by atoms with Crippen LogP contribution in [0, 0.1) is 0 Å². The largest absolute Gasteiger partial charge is 0.508 e. The highest BCUT2D eigenvalue weighted by Gasteiger charge is 2.21. The molecule has 100 valence electrons. The molecule has 0 aliphatic rings. The average Bonchev–Trinajstić information content (AvgIpc) is 2.33. The maximum atomic E-state index is 9.20. The molecule has 0 aliphatic carbocycles. The molecule has 0 radical (unpaired) electrons. The Morgan fingerprint density at radius 2 is 1.32 bits per heavy atom. The summed E-state index contributed by atoms with van der Waals surface area (Å²) in [5.74, 6) is 0.728. The maximum absolute atomic E-state index is 9.20. The molecule has 1 N–H and O–H groups in total. The molecule has 0 aromatic heterocycles. The molecule has 0 aliphatic heterocycles. The van der Waals surface area contributed by atoms with E-state index in [0.717, 1.165) is 9.79 Å². The van der Waals surface area contributed by atoms with Crippen LogP contribution in [-0.2, 0) is 0 Å². The minimum absolute atomic E-state index is 0.246. The zero-order chi connectivity index (χ0) is 13.9. The van der Waals surface area contributed by atoms with E-state index < -0.39 is 3.98 Å². The van der Waals surface area contributed by atoms with Crippen molar-refractivity contribution < 1.29 is 9.84 Å². The molecule has 0 saturated heterocycles.